The number of nitrogens with one attached hydrogen (secondary N) is 2. The van der Waals surface area contributed by atoms with Gasteiger partial charge in [0.1, 0.15) is 18.2 Å². The zero-order chi connectivity index (χ0) is 33.7. The van der Waals surface area contributed by atoms with Crippen LogP contribution in [-0.2, 0) is 20.8 Å². The monoisotopic (exact) mass is 656 g/mol. The fourth-order valence-electron chi connectivity index (χ4n) is 6.57. The molecule has 2 aromatic rings. The van der Waals surface area contributed by atoms with Crippen LogP contribution in [0.2, 0.25) is 0 Å². The van der Waals surface area contributed by atoms with Crippen molar-refractivity contribution in [3.05, 3.63) is 88.8 Å². The molecule has 3 aliphatic heterocycles. The van der Waals surface area contributed by atoms with Crippen molar-refractivity contribution in [3.8, 4) is 5.75 Å². The van der Waals surface area contributed by atoms with Gasteiger partial charge < -0.3 is 29.7 Å². The highest BCUT2D eigenvalue weighted by Gasteiger charge is 2.24. The van der Waals surface area contributed by atoms with Gasteiger partial charge in [-0.3, -0.25) is 9.69 Å². The van der Waals surface area contributed by atoms with Crippen LogP contribution >= 0.6 is 0 Å². The Hall–Kier alpha value is -3.59. The van der Waals surface area contributed by atoms with Crippen molar-refractivity contribution in [1.82, 2.24) is 15.1 Å². The maximum atomic E-state index is 13.7. The maximum absolute atomic E-state index is 13.7. The van der Waals surface area contributed by atoms with Crippen LogP contribution in [0.3, 0.4) is 0 Å². The number of carbonyl (C=O) groups excluding carboxylic acids is 1. The first-order chi connectivity index (χ1) is 23.4. The number of anilines is 1. The lowest BCUT2D eigenvalue weighted by Crippen LogP contribution is -2.39. The first-order valence-electron chi connectivity index (χ1n) is 18.0. The van der Waals surface area contributed by atoms with E-state index < -0.39 is 0 Å². The molecule has 0 saturated carbocycles. The van der Waals surface area contributed by atoms with E-state index >= 15 is 0 Å². The van der Waals surface area contributed by atoms with E-state index in [9.17, 15) is 4.79 Å². The fourth-order valence-corrected chi connectivity index (χ4v) is 6.57. The van der Waals surface area contributed by atoms with Crippen molar-refractivity contribution in [1.29, 1.82) is 0 Å². The Morgan fingerprint density at radius 1 is 1.04 bits per heavy atom. The van der Waals surface area contributed by atoms with Crippen LogP contribution in [0, 0.1) is 5.92 Å². The summed E-state index contributed by atoms with van der Waals surface area (Å²) in [6.45, 7) is 13.7. The molecule has 2 aromatic carbocycles. The Kier molecular flexibility index (Phi) is 13.6. The van der Waals surface area contributed by atoms with Crippen molar-refractivity contribution in [2.75, 3.05) is 65.0 Å². The van der Waals surface area contributed by atoms with Gasteiger partial charge in [-0.15, -0.1) is 0 Å². The lowest BCUT2D eigenvalue weighted by atomic mass is 9.95. The topological polar surface area (TPSA) is 75.3 Å². The lowest BCUT2D eigenvalue weighted by molar-refractivity contribution is -0.113. The third kappa shape index (κ3) is 10.5. The van der Waals surface area contributed by atoms with Crippen molar-refractivity contribution >= 4 is 17.2 Å². The second kappa shape index (κ2) is 18.2. The van der Waals surface area contributed by atoms with Crippen molar-refractivity contribution in [2.45, 2.75) is 71.9 Å². The van der Waals surface area contributed by atoms with E-state index in [0.29, 0.717) is 31.6 Å². The summed E-state index contributed by atoms with van der Waals surface area (Å²) in [7, 11) is 2.19. The van der Waals surface area contributed by atoms with Gasteiger partial charge in [0.05, 0.1) is 6.61 Å². The second-order valence-electron chi connectivity index (χ2n) is 13.7. The predicted octanol–water partition coefficient (Wildman–Crippen LogP) is 7.01. The zero-order valence-corrected chi connectivity index (χ0v) is 29.6. The number of carbonyl (C=O) groups is 1. The third-order valence-corrected chi connectivity index (χ3v) is 9.22. The van der Waals surface area contributed by atoms with E-state index in [1.165, 1.54) is 11.1 Å². The number of benzene rings is 2. The molecule has 8 heteroatoms. The van der Waals surface area contributed by atoms with Gasteiger partial charge in [0.25, 0.3) is 5.91 Å². The summed E-state index contributed by atoms with van der Waals surface area (Å²) >= 11 is 0. The zero-order valence-electron chi connectivity index (χ0n) is 29.6. The molecule has 3 aliphatic rings. The van der Waals surface area contributed by atoms with Gasteiger partial charge in [0.2, 0.25) is 0 Å². The van der Waals surface area contributed by atoms with Gasteiger partial charge in [-0.25, -0.2) is 0 Å². The molecule has 1 fully saturated rings. The summed E-state index contributed by atoms with van der Waals surface area (Å²) in [4.78, 5) is 18.5. The number of ether oxygens (including phenoxy) is 3. The average molecular weight is 657 g/mol. The molecule has 3 heterocycles. The molecule has 0 aromatic heterocycles. The van der Waals surface area contributed by atoms with Crippen LogP contribution in [0.25, 0.3) is 5.57 Å². The first kappa shape index (κ1) is 35.7. The van der Waals surface area contributed by atoms with Crippen LogP contribution < -0.4 is 15.4 Å². The Labute approximate surface area is 288 Å². The minimum absolute atomic E-state index is 0.0352. The molecule has 1 saturated heterocycles. The molecule has 260 valence electrons. The summed E-state index contributed by atoms with van der Waals surface area (Å²) in [5.41, 5.74) is 6.31. The second-order valence-corrected chi connectivity index (χ2v) is 13.7. The van der Waals surface area contributed by atoms with Gasteiger partial charge in [-0.05, 0) is 98.2 Å². The highest BCUT2D eigenvalue weighted by molar-refractivity contribution is 6.04. The molecule has 0 aliphatic carbocycles. The Balaban J connectivity index is 1.28. The maximum Gasteiger partial charge on any atom is 0.251 e. The Morgan fingerprint density at radius 3 is 2.54 bits per heavy atom. The van der Waals surface area contributed by atoms with E-state index in [2.05, 4.69) is 84.7 Å². The van der Waals surface area contributed by atoms with Crippen LogP contribution in [0.15, 0.2) is 77.7 Å². The third-order valence-electron chi connectivity index (χ3n) is 9.22. The van der Waals surface area contributed by atoms with E-state index in [0.717, 1.165) is 112 Å². The number of nitrogens with zero attached hydrogens (tertiary/aromatic N) is 2. The molecule has 0 radical (unpaired) electrons. The lowest BCUT2D eigenvalue weighted by Gasteiger charge is -2.36. The molecule has 0 unspecified atom stereocenters. The number of hydrogen-bond donors (Lipinski definition) is 2. The molecule has 0 spiro atoms. The van der Waals surface area contributed by atoms with Crippen molar-refractivity contribution in [2.24, 2.45) is 5.92 Å². The number of allylic oxidation sites excluding steroid dienone is 3. The van der Waals surface area contributed by atoms with Crippen molar-refractivity contribution < 1.29 is 19.0 Å². The van der Waals surface area contributed by atoms with Crippen LogP contribution in [0.4, 0.5) is 5.69 Å². The average Bonchev–Trinajstić information content (AvgIpc) is 3.08. The fraction of sp³-hybridized carbons (Fsp3) is 0.525. The predicted molar refractivity (Wildman–Crippen MR) is 195 cm³/mol. The molecule has 8 nitrogen and oxygen atoms in total. The quantitative estimate of drug-likeness (QED) is 0.200. The van der Waals surface area contributed by atoms with Gasteiger partial charge in [-0.2, -0.15) is 0 Å². The number of amides is 1. The Bertz CT molecular complexity index is 1410. The molecular weight excluding hydrogens is 600 g/mol. The number of hydrogen-bond acceptors (Lipinski definition) is 7. The summed E-state index contributed by atoms with van der Waals surface area (Å²) in [6.07, 6.45) is 10.3. The molecule has 0 bridgehead atoms. The van der Waals surface area contributed by atoms with Gasteiger partial charge in [0.15, 0.2) is 0 Å². The van der Waals surface area contributed by atoms with E-state index in [-0.39, 0.29) is 5.91 Å². The molecule has 5 rings (SSSR count). The molecular formula is C40H56N4O4. The summed E-state index contributed by atoms with van der Waals surface area (Å²) in [5, 5.41) is 6.88. The minimum atomic E-state index is -0.0352. The van der Waals surface area contributed by atoms with Gasteiger partial charge in [-0.1, -0.05) is 51.5 Å². The van der Waals surface area contributed by atoms with Gasteiger partial charge >= 0.3 is 0 Å². The number of unbranched alkanes of at least 4 members (excludes halogenated alkanes) is 1. The molecule has 2 N–H and O–H groups in total. The summed E-state index contributed by atoms with van der Waals surface area (Å²) in [6, 6.07) is 17.2. The SMILES string of the molecule is CCCCOCCOc1ccc(C2=CC3=C(NCCC/C(C(=O)Nc4ccc(CN(C)C5CCOCC5)cc4)=C\3)N(CC(C)C)C2)cc1. The summed E-state index contributed by atoms with van der Waals surface area (Å²) in [5.74, 6) is 2.41. The molecule has 1 amide bonds. The smallest absolute Gasteiger partial charge is 0.251 e. The van der Waals surface area contributed by atoms with Crippen LogP contribution in [0.1, 0.15) is 70.4 Å². The Morgan fingerprint density at radius 2 is 1.81 bits per heavy atom. The highest BCUT2D eigenvalue weighted by Crippen LogP contribution is 2.31. The molecule has 0 atom stereocenters. The van der Waals surface area contributed by atoms with Gasteiger partial charge in [0, 0.05) is 68.9 Å². The number of rotatable bonds is 15. The summed E-state index contributed by atoms with van der Waals surface area (Å²) < 4.78 is 17.1. The van der Waals surface area contributed by atoms with Crippen molar-refractivity contribution in [3.63, 3.8) is 0 Å². The largest absolute Gasteiger partial charge is 0.491 e. The molecule has 48 heavy (non-hydrogen) atoms. The van der Waals surface area contributed by atoms with E-state index in [4.69, 9.17) is 14.2 Å². The van der Waals surface area contributed by atoms with Crippen LogP contribution in [0.5, 0.6) is 5.75 Å². The van der Waals surface area contributed by atoms with Crippen LogP contribution in [-0.4, -0.2) is 81.5 Å². The highest BCUT2D eigenvalue weighted by atomic mass is 16.5. The minimum Gasteiger partial charge on any atom is -0.491 e. The normalized spacial score (nSPS) is 18.4. The van der Waals surface area contributed by atoms with E-state index in [1.807, 2.05) is 24.3 Å². The first-order valence-corrected chi connectivity index (χ1v) is 18.0. The standard InChI is InChI=1S/C40H56N4O4/c1-5-6-20-46-23-24-48-38-15-11-32(12-16-38)35-26-34-25-33(8-7-19-41-39(34)44(29-35)27-30(2)3)40(45)42-36-13-9-31(10-14-36)28-43(4)37-17-21-47-22-18-37/h9-16,25-26,30,37,41H,5-8,17-24,27-29H2,1-4H3,(H,42,45)/b33-25+. The van der Waals surface area contributed by atoms with E-state index in [1.54, 1.807) is 0 Å².